The number of aromatic nitrogens is 3. The largest absolute Gasteiger partial charge is 0.383 e. The average Bonchev–Trinajstić information content (AvgIpc) is 2.73. The number of nitrogen functional groups attached to an aromatic ring is 1. The van der Waals surface area contributed by atoms with Gasteiger partial charge < -0.3 is 16.0 Å². The molecule has 1 amide bonds. The number of carbonyl (C=O) groups excluding carboxylic acids is 1. The minimum atomic E-state index is -0.0607. The lowest BCUT2D eigenvalue weighted by molar-refractivity contribution is -0.116. The molecule has 7 nitrogen and oxygen atoms in total. The summed E-state index contributed by atoms with van der Waals surface area (Å²) in [4.78, 5) is 27.8. The molecule has 0 saturated carbocycles. The first-order valence-electron chi connectivity index (χ1n) is 8.54. The van der Waals surface area contributed by atoms with Gasteiger partial charge in [-0.1, -0.05) is 19.9 Å². The van der Waals surface area contributed by atoms with Crippen LogP contribution in [0.15, 0.2) is 18.3 Å². The lowest BCUT2D eigenvalue weighted by Gasteiger charge is -2.31. The smallest absolute Gasteiger partial charge is 0.226 e. The Kier molecular flexibility index (Phi) is 4.57. The maximum absolute atomic E-state index is 12.2. The zero-order chi connectivity index (χ0) is 18.1. The Bertz CT molecular complexity index is 804. The molecule has 0 aliphatic carbocycles. The predicted octanol–water partition coefficient (Wildman–Crippen LogP) is 2.80. The Labute approximate surface area is 147 Å². The molecule has 3 heterocycles. The van der Waals surface area contributed by atoms with E-state index < -0.39 is 0 Å². The Morgan fingerprint density at radius 3 is 2.72 bits per heavy atom. The standard InChI is InChI=1S/C18H24N6O/c1-10(2)17-21-11(3)15-18(23-17)24(9-7-14(25)22-15)12(4)13-6-5-8-20-16(13)19/h5-6,8,10,12H,7,9H2,1-4H3,(H2,19,20)(H,22,25). The second kappa shape index (κ2) is 6.66. The number of rotatable bonds is 3. The number of pyridine rings is 1. The van der Waals surface area contributed by atoms with Gasteiger partial charge in [0.2, 0.25) is 5.91 Å². The number of fused-ring (bicyclic) bond motifs is 1. The molecular weight excluding hydrogens is 316 g/mol. The third-order valence-corrected chi connectivity index (χ3v) is 4.51. The van der Waals surface area contributed by atoms with E-state index in [4.69, 9.17) is 10.7 Å². The Morgan fingerprint density at radius 2 is 2.04 bits per heavy atom. The maximum Gasteiger partial charge on any atom is 0.226 e. The second-order valence-corrected chi connectivity index (χ2v) is 6.67. The van der Waals surface area contributed by atoms with Crippen LogP contribution in [0.3, 0.4) is 0 Å². The van der Waals surface area contributed by atoms with Crippen molar-refractivity contribution in [2.75, 3.05) is 22.5 Å². The van der Waals surface area contributed by atoms with Crippen molar-refractivity contribution in [2.45, 2.75) is 46.1 Å². The van der Waals surface area contributed by atoms with Crippen molar-refractivity contribution in [1.82, 2.24) is 15.0 Å². The van der Waals surface area contributed by atoms with Gasteiger partial charge in [-0.2, -0.15) is 0 Å². The lowest BCUT2D eigenvalue weighted by Crippen LogP contribution is -2.30. The molecule has 1 unspecified atom stereocenters. The molecule has 1 aliphatic heterocycles. The Morgan fingerprint density at radius 1 is 1.28 bits per heavy atom. The van der Waals surface area contributed by atoms with Crippen LogP contribution < -0.4 is 16.0 Å². The minimum Gasteiger partial charge on any atom is -0.383 e. The number of amides is 1. The van der Waals surface area contributed by atoms with Crippen molar-refractivity contribution in [3.05, 3.63) is 35.4 Å². The van der Waals surface area contributed by atoms with Crippen LogP contribution in [0, 0.1) is 6.92 Å². The summed E-state index contributed by atoms with van der Waals surface area (Å²) in [5.41, 5.74) is 8.45. The van der Waals surface area contributed by atoms with Crippen molar-refractivity contribution in [3.8, 4) is 0 Å². The van der Waals surface area contributed by atoms with E-state index in [-0.39, 0.29) is 17.9 Å². The molecule has 0 aromatic carbocycles. The Balaban J connectivity index is 2.12. The highest BCUT2D eigenvalue weighted by molar-refractivity contribution is 5.96. The summed E-state index contributed by atoms with van der Waals surface area (Å²) in [7, 11) is 0. The van der Waals surface area contributed by atoms with Crippen molar-refractivity contribution < 1.29 is 4.79 Å². The molecule has 3 rings (SSSR count). The topological polar surface area (TPSA) is 97.0 Å². The van der Waals surface area contributed by atoms with Crippen molar-refractivity contribution in [1.29, 1.82) is 0 Å². The lowest BCUT2D eigenvalue weighted by atomic mass is 10.1. The highest BCUT2D eigenvalue weighted by Crippen LogP contribution is 2.36. The molecule has 3 N–H and O–H groups in total. The van der Waals surface area contributed by atoms with E-state index in [1.807, 2.05) is 19.1 Å². The highest BCUT2D eigenvalue weighted by atomic mass is 16.1. The van der Waals surface area contributed by atoms with E-state index in [9.17, 15) is 4.79 Å². The fraction of sp³-hybridized carbons (Fsp3) is 0.444. The van der Waals surface area contributed by atoms with E-state index in [2.05, 4.69) is 41.0 Å². The van der Waals surface area contributed by atoms with Crippen molar-refractivity contribution in [3.63, 3.8) is 0 Å². The number of nitrogens with two attached hydrogens (primary N) is 1. The molecule has 0 radical (unpaired) electrons. The van der Waals surface area contributed by atoms with Crippen LogP contribution in [0.2, 0.25) is 0 Å². The Hall–Kier alpha value is -2.70. The average molecular weight is 340 g/mol. The van der Waals surface area contributed by atoms with Crippen LogP contribution in [0.25, 0.3) is 0 Å². The maximum atomic E-state index is 12.2. The van der Waals surface area contributed by atoms with E-state index in [0.717, 1.165) is 22.9 Å². The van der Waals surface area contributed by atoms with Gasteiger partial charge in [0.05, 0.1) is 11.7 Å². The van der Waals surface area contributed by atoms with Crippen LogP contribution in [0.4, 0.5) is 17.3 Å². The third kappa shape index (κ3) is 3.26. The second-order valence-electron chi connectivity index (χ2n) is 6.67. The number of hydrogen-bond acceptors (Lipinski definition) is 6. The zero-order valence-corrected chi connectivity index (χ0v) is 15.1. The molecule has 7 heteroatoms. The molecule has 2 aromatic rings. The summed E-state index contributed by atoms with van der Waals surface area (Å²) in [5.74, 6) is 2.18. The zero-order valence-electron chi connectivity index (χ0n) is 15.1. The number of carbonyl (C=O) groups is 1. The summed E-state index contributed by atoms with van der Waals surface area (Å²) in [6, 6.07) is 3.77. The van der Waals surface area contributed by atoms with Crippen LogP contribution in [0.5, 0.6) is 0 Å². The number of nitrogens with one attached hydrogen (secondary N) is 1. The predicted molar refractivity (Wildman–Crippen MR) is 98.5 cm³/mol. The molecule has 0 spiro atoms. The van der Waals surface area contributed by atoms with E-state index in [1.54, 1.807) is 6.20 Å². The van der Waals surface area contributed by atoms with Crippen LogP contribution in [0.1, 0.15) is 56.2 Å². The monoisotopic (exact) mass is 340 g/mol. The molecule has 0 fully saturated rings. The first-order chi connectivity index (χ1) is 11.9. The van der Waals surface area contributed by atoms with Crippen LogP contribution in [-0.4, -0.2) is 27.4 Å². The molecule has 1 atom stereocenters. The molecule has 25 heavy (non-hydrogen) atoms. The van der Waals surface area contributed by atoms with Gasteiger partial charge >= 0.3 is 0 Å². The quantitative estimate of drug-likeness (QED) is 0.892. The fourth-order valence-electron chi connectivity index (χ4n) is 3.05. The highest BCUT2D eigenvalue weighted by Gasteiger charge is 2.28. The number of nitrogens with zero attached hydrogens (tertiary/aromatic N) is 4. The van der Waals surface area contributed by atoms with Gasteiger partial charge in [-0.3, -0.25) is 4.79 Å². The number of anilines is 3. The molecule has 0 bridgehead atoms. The van der Waals surface area contributed by atoms with Gasteiger partial charge in [-0.25, -0.2) is 15.0 Å². The van der Waals surface area contributed by atoms with Gasteiger partial charge in [0.15, 0.2) is 5.82 Å². The van der Waals surface area contributed by atoms with Crippen molar-refractivity contribution >= 4 is 23.2 Å². The van der Waals surface area contributed by atoms with Gasteiger partial charge in [0.25, 0.3) is 0 Å². The SMILES string of the molecule is Cc1nc(C(C)C)nc2c1NC(=O)CCN2C(C)c1cccnc1N. The molecular formula is C18H24N6O. The summed E-state index contributed by atoms with van der Waals surface area (Å²) >= 11 is 0. The van der Waals surface area contributed by atoms with E-state index in [0.29, 0.717) is 24.5 Å². The van der Waals surface area contributed by atoms with E-state index in [1.165, 1.54) is 0 Å². The first-order valence-corrected chi connectivity index (χ1v) is 8.54. The normalized spacial score (nSPS) is 15.6. The summed E-state index contributed by atoms with van der Waals surface area (Å²) < 4.78 is 0. The minimum absolute atomic E-state index is 0.0286. The number of hydrogen-bond donors (Lipinski definition) is 2. The number of aryl methyl sites for hydroxylation is 1. The van der Waals surface area contributed by atoms with Gasteiger partial charge in [-0.05, 0) is 19.9 Å². The summed E-state index contributed by atoms with van der Waals surface area (Å²) in [5, 5.41) is 2.96. The summed E-state index contributed by atoms with van der Waals surface area (Å²) in [6.45, 7) is 8.63. The van der Waals surface area contributed by atoms with Crippen molar-refractivity contribution in [2.24, 2.45) is 0 Å². The molecule has 1 aliphatic rings. The van der Waals surface area contributed by atoms with E-state index >= 15 is 0 Å². The van der Waals surface area contributed by atoms with Gasteiger partial charge in [0, 0.05) is 30.6 Å². The third-order valence-electron chi connectivity index (χ3n) is 4.51. The summed E-state index contributed by atoms with van der Waals surface area (Å²) in [6.07, 6.45) is 2.06. The fourth-order valence-corrected chi connectivity index (χ4v) is 3.05. The molecule has 2 aromatic heterocycles. The molecule has 132 valence electrons. The first kappa shape index (κ1) is 17.1. The van der Waals surface area contributed by atoms with Crippen LogP contribution in [-0.2, 0) is 4.79 Å². The van der Waals surface area contributed by atoms with Gasteiger partial charge in [-0.15, -0.1) is 0 Å². The van der Waals surface area contributed by atoms with Gasteiger partial charge in [0.1, 0.15) is 17.3 Å². The molecule has 0 saturated heterocycles. The van der Waals surface area contributed by atoms with Crippen LogP contribution >= 0.6 is 0 Å².